The summed E-state index contributed by atoms with van der Waals surface area (Å²) in [6.07, 6.45) is 14.7. The zero-order chi connectivity index (χ0) is 21.5. The number of aliphatic hydroxyl groups excluding tert-OH is 1. The van der Waals surface area contributed by atoms with Gasteiger partial charge in [0.05, 0.1) is 11.7 Å². The summed E-state index contributed by atoms with van der Waals surface area (Å²) < 4.78 is 0. The van der Waals surface area contributed by atoms with Crippen molar-refractivity contribution < 1.29 is 10.2 Å². The largest absolute Gasteiger partial charge is 0.393 e. The molecule has 5 saturated carbocycles. The number of hydrogen-bond donors (Lipinski definition) is 2. The topological polar surface area (TPSA) is 40.5 Å². The number of aliphatic hydroxyl groups is 2. The van der Waals surface area contributed by atoms with E-state index in [0.717, 1.165) is 42.9 Å². The highest BCUT2D eigenvalue weighted by molar-refractivity contribution is 5.16. The summed E-state index contributed by atoms with van der Waals surface area (Å²) in [5, 5.41) is 22.5. The van der Waals surface area contributed by atoms with Crippen LogP contribution in [0.15, 0.2) is 0 Å². The van der Waals surface area contributed by atoms with Gasteiger partial charge >= 0.3 is 0 Å². The second-order valence-corrected chi connectivity index (χ2v) is 13.6. The summed E-state index contributed by atoms with van der Waals surface area (Å²) in [5.41, 5.74) is 0.526. The molecule has 10 atom stereocenters. The summed E-state index contributed by atoms with van der Waals surface area (Å²) in [5.74, 6) is 4.36. The number of rotatable bonds is 2. The number of hydrogen-bond acceptors (Lipinski definition) is 2. The Balaban J connectivity index is 1.47. The molecule has 2 N–H and O–H groups in total. The third-order valence-electron chi connectivity index (χ3n) is 12.3. The molecule has 0 aliphatic heterocycles. The normalized spacial score (nSPS) is 57.1. The van der Waals surface area contributed by atoms with Crippen molar-refractivity contribution in [3.63, 3.8) is 0 Å². The summed E-state index contributed by atoms with van der Waals surface area (Å²) in [6, 6.07) is 0. The van der Waals surface area contributed by atoms with Crippen molar-refractivity contribution in [1.82, 2.24) is 0 Å². The van der Waals surface area contributed by atoms with Crippen LogP contribution in [0.2, 0.25) is 0 Å². The van der Waals surface area contributed by atoms with E-state index in [2.05, 4.69) is 34.6 Å². The average Bonchev–Trinajstić information content (AvgIpc) is 3.02. The minimum absolute atomic E-state index is 0.0513. The molecule has 5 fully saturated rings. The molecule has 0 bridgehead atoms. The molecular formula is C28H48O2. The van der Waals surface area contributed by atoms with Gasteiger partial charge in [-0.3, -0.25) is 0 Å². The van der Waals surface area contributed by atoms with E-state index in [4.69, 9.17) is 0 Å². The molecule has 6 unspecified atom stereocenters. The van der Waals surface area contributed by atoms with Crippen LogP contribution >= 0.6 is 0 Å². The van der Waals surface area contributed by atoms with Gasteiger partial charge in [0.1, 0.15) is 0 Å². The fourth-order valence-electron chi connectivity index (χ4n) is 11.1. The van der Waals surface area contributed by atoms with Gasteiger partial charge in [0.2, 0.25) is 0 Å². The third-order valence-corrected chi connectivity index (χ3v) is 12.3. The Morgan fingerprint density at radius 3 is 2.20 bits per heavy atom. The zero-order valence-corrected chi connectivity index (χ0v) is 20.4. The zero-order valence-electron chi connectivity index (χ0n) is 20.4. The van der Waals surface area contributed by atoms with E-state index in [0.29, 0.717) is 22.7 Å². The Bertz CT molecular complexity index is 672. The van der Waals surface area contributed by atoms with Crippen LogP contribution in [-0.4, -0.2) is 21.9 Å². The summed E-state index contributed by atoms with van der Waals surface area (Å²) >= 11 is 0. The molecule has 0 aromatic carbocycles. The molecule has 30 heavy (non-hydrogen) atoms. The monoisotopic (exact) mass is 416 g/mol. The van der Waals surface area contributed by atoms with E-state index >= 15 is 0 Å². The highest BCUT2D eigenvalue weighted by Gasteiger charge is 2.66. The molecule has 0 saturated heterocycles. The molecule has 0 spiro atoms. The predicted octanol–water partition coefficient (Wildman–Crippen LogP) is 6.58. The molecule has 2 nitrogen and oxygen atoms in total. The predicted molar refractivity (Wildman–Crippen MR) is 123 cm³/mol. The lowest BCUT2D eigenvalue weighted by atomic mass is 9.36. The van der Waals surface area contributed by atoms with Crippen molar-refractivity contribution in [1.29, 1.82) is 0 Å². The van der Waals surface area contributed by atoms with Crippen molar-refractivity contribution in [2.45, 2.75) is 123 Å². The van der Waals surface area contributed by atoms with Crippen LogP contribution in [0.1, 0.15) is 112 Å². The molecule has 0 radical (unpaired) electrons. The maximum Gasteiger partial charge on any atom is 0.0681 e. The Hall–Kier alpha value is -0.0800. The Morgan fingerprint density at radius 1 is 0.767 bits per heavy atom. The molecule has 5 aliphatic carbocycles. The minimum atomic E-state index is -0.345. The van der Waals surface area contributed by atoms with E-state index in [9.17, 15) is 10.2 Å². The first-order valence-electron chi connectivity index (χ1n) is 13.5. The van der Waals surface area contributed by atoms with Crippen LogP contribution in [0.25, 0.3) is 0 Å². The fraction of sp³-hybridized carbons (Fsp3) is 1.00. The lowest BCUT2D eigenvalue weighted by Gasteiger charge is -2.69. The van der Waals surface area contributed by atoms with Gasteiger partial charge in [0.15, 0.2) is 0 Å². The van der Waals surface area contributed by atoms with Crippen LogP contribution < -0.4 is 0 Å². The molecule has 5 rings (SSSR count). The van der Waals surface area contributed by atoms with Crippen molar-refractivity contribution in [2.75, 3.05) is 0 Å². The van der Waals surface area contributed by atoms with E-state index < -0.39 is 0 Å². The molecular weight excluding hydrogens is 368 g/mol. The SMILES string of the molecule is CCCC1CC[C@]2(O)CCC3C(CCC4[C@@]3(C)CCC3C(C)(C)[C@@H](O)CC[C@@]34C)C12. The van der Waals surface area contributed by atoms with Crippen LogP contribution in [0.5, 0.6) is 0 Å². The summed E-state index contributed by atoms with van der Waals surface area (Å²) in [4.78, 5) is 0. The second kappa shape index (κ2) is 6.96. The molecule has 2 heteroatoms. The first kappa shape index (κ1) is 21.7. The van der Waals surface area contributed by atoms with Gasteiger partial charge in [-0.2, -0.15) is 0 Å². The van der Waals surface area contributed by atoms with Crippen LogP contribution in [0, 0.1) is 51.8 Å². The van der Waals surface area contributed by atoms with Crippen LogP contribution in [-0.2, 0) is 0 Å². The summed E-state index contributed by atoms with van der Waals surface area (Å²) in [6.45, 7) is 12.3. The Labute approximate surface area is 185 Å². The molecule has 5 aliphatic rings. The highest BCUT2D eigenvalue weighted by atomic mass is 16.3. The first-order valence-corrected chi connectivity index (χ1v) is 13.5. The lowest BCUT2D eigenvalue weighted by Crippen LogP contribution is -2.63. The molecule has 0 heterocycles. The smallest absolute Gasteiger partial charge is 0.0681 e. The fourth-order valence-corrected chi connectivity index (χ4v) is 11.1. The maximum atomic E-state index is 11.6. The molecule has 0 aromatic rings. The highest BCUT2D eigenvalue weighted by Crippen LogP contribution is 2.72. The molecule has 0 aromatic heterocycles. The van der Waals surface area contributed by atoms with E-state index in [-0.39, 0.29) is 17.1 Å². The van der Waals surface area contributed by atoms with Gasteiger partial charge in [-0.05, 0) is 116 Å². The minimum Gasteiger partial charge on any atom is -0.393 e. The first-order chi connectivity index (χ1) is 14.1. The van der Waals surface area contributed by atoms with Gasteiger partial charge in [0, 0.05) is 0 Å². The van der Waals surface area contributed by atoms with Crippen LogP contribution in [0.4, 0.5) is 0 Å². The summed E-state index contributed by atoms with van der Waals surface area (Å²) in [7, 11) is 0. The van der Waals surface area contributed by atoms with Gasteiger partial charge in [-0.1, -0.05) is 47.5 Å². The van der Waals surface area contributed by atoms with Crippen molar-refractivity contribution >= 4 is 0 Å². The lowest BCUT2D eigenvalue weighted by molar-refractivity contribution is -0.222. The maximum absolute atomic E-state index is 11.6. The molecule has 0 amide bonds. The van der Waals surface area contributed by atoms with Gasteiger partial charge in [0.25, 0.3) is 0 Å². The van der Waals surface area contributed by atoms with Crippen molar-refractivity contribution in [3.05, 3.63) is 0 Å². The quantitative estimate of drug-likeness (QED) is 0.533. The standard InChI is InChI=1S/C28H48O2/c1-6-7-18-10-16-28(30)17-11-20-19(24(18)28)8-9-22-26(20,4)14-12-21-25(2,3)23(29)13-15-27(21,22)5/h18-24,29-30H,6-17H2,1-5H3/t18?,19?,20?,21?,22?,23-,24?,26-,27-,28-/m0/s1. The third kappa shape index (κ3) is 2.74. The second-order valence-electron chi connectivity index (χ2n) is 13.6. The number of fused-ring (bicyclic) bond motifs is 7. The Morgan fingerprint density at radius 2 is 1.47 bits per heavy atom. The van der Waals surface area contributed by atoms with Gasteiger partial charge in [-0.25, -0.2) is 0 Å². The van der Waals surface area contributed by atoms with Crippen molar-refractivity contribution in [3.8, 4) is 0 Å². The van der Waals surface area contributed by atoms with Gasteiger partial charge in [-0.15, -0.1) is 0 Å². The molecule has 172 valence electrons. The van der Waals surface area contributed by atoms with Crippen molar-refractivity contribution in [2.24, 2.45) is 51.8 Å². The van der Waals surface area contributed by atoms with E-state index in [1.165, 1.54) is 57.8 Å². The average molecular weight is 417 g/mol. The van der Waals surface area contributed by atoms with Crippen LogP contribution in [0.3, 0.4) is 0 Å². The van der Waals surface area contributed by atoms with Gasteiger partial charge < -0.3 is 10.2 Å². The van der Waals surface area contributed by atoms with E-state index in [1.54, 1.807) is 0 Å². The van der Waals surface area contributed by atoms with E-state index in [1.807, 2.05) is 0 Å². The Kier molecular flexibility index (Phi) is 5.04.